The Morgan fingerprint density at radius 3 is 2.47 bits per heavy atom. The van der Waals surface area contributed by atoms with Gasteiger partial charge in [0.2, 0.25) is 10.0 Å². The lowest BCUT2D eigenvalue weighted by Crippen LogP contribution is -2.23. The van der Waals surface area contributed by atoms with Crippen LogP contribution >= 0.6 is 0 Å². The predicted octanol–water partition coefficient (Wildman–Crippen LogP) is 0.997. The fraction of sp³-hybridized carbons (Fsp3) is 0.167. The van der Waals surface area contributed by atoms with E-state index in [2.05, 4.69) is 20.2 Å². The maximum Gasteiger partial charge on any atom is 0.240 e. The van der Waals surface area contributed by atoms with Gasteiger partial charge in [-0.15, -0.1) is 0 Å². The Morgan fingerprint density at radius 2 is 1.89 bits per heavy atom. The van der Waals surface area contributed by atoms with Gasteiger partial charge in [-0.25, -0.2) is 13.1 Å². The molecule has 6 nitrogen and oxygen atoms in total. The van der Waals surface area contributed by atoms with Gasteiger partial charge in [-0.05, 0) is 36.4 Å². The summed E-state index contributed by atoms with van der Waals surface area (Å²) < 4.78 is 26.5. The third-order valence-corrected chi connectivity index (χ3v) is 3.94. The lowest BCUT2D eigenvalue weighted by Gasteiger charge is -2.07. The summed E-state index contributed by atoms with van der Waals surface area (Å²) in [6, 6.07) is 9.92. The molecule has 7 heteroatoms. The fourth-order valence-electron chi connectivity index (χ4n) is 1.48. The van der Waals surface area contributed by atoms with Crippen molar-refractivity contribution in [2.75, 3.05) is 12.4 Å². The Kier molecular flexibility index (Phi) is 4.08. The second kappa shape index (κ2) is 5.77. The summed E-state index contributed by atoms with van der Waals surface area (Å²) in [5, 5.41) is 10.4. The lowest BCUT2D eigenvalue weighted by atomic mass is 10.3. The van der Waals surface area contributed by atoms with Crippen LogP contribution in [0.15, 0.2) is 47.5 Å². The summed E-state index contributed by atoms with van der Waals surface area (Å²) in [4.78, 5) is 0.218. The first kappa shape index (κ1) is 13.4. The number of anilines is 1. The fourth-order valence-corrected chi connectivity index (χ4v) is 2.48. The Morgan fingerprint density at radius 1 is 1.16 bits per heavy atom. The van der Waals surface area contributed by atoms with Gasteiger partial charge in [-0.1, -0.05) is 0 Å². The van der Waals surface area contributed by atoms with E-state index in [0.717, 1.165) is 5.69 Å². The number of hydrogen-bond donors (Lipinski definition) is 2. The molecule has 2 N–H and O–H groups in total. The number of rotatable bonds is 5. The minimum Gasteiger partial charge on any atom is -0.388 e. The first-order chi connectivity index (χ1) is 9.12. The zero-order valence-corrected chi connectivity index (χ0v) is 11.2. The van der Waals surface area contributed by atoms with Crippen molar-refractivity contribution in [3.05, 3.63) is 48.3 Å². The molecule has 100 valence electrons. The number of hydrogen-bond acceptors (Lipinski definition) is 5. The van der Waals surface area contributed by atoms with Crippen LogP contribution in [-0.2, 0) is 16.6 Å². The van der Waals surface area contributed by atoms with E-state index >= 15 is 0 Å². The molecule has 0 unspecified atom stereocenters. The molecule has 0 saturated heterocycles. The number of sulfonamides is 1. The zero-order chi connectivity index (χ0) is 13.7. The highest BCUT2D eigenvalue weighted by atomic mass is 32.2. The van der Waals surface area contributed by atoms with Gasteiger partial charge >= 0.3 is 0 Å². The maximum absolute atomic E-state index is 12.0. The molecule has 2 aromatic rings. The minimum absolute atomic E-state index is 0.115. The molecular weight excluding hydrogens is 264 g/mol. The highest BCUT2D eigenvalue weighted by Crippen LogP contribution is 2.13. The molecule has 0 aliphatic rings. The highest BCUT2D eigenvalue weighted by molar-refractivity contribution is 7.89. The number of nitrogens with one attached hydrogen (secondary N) is 2. The Balaban J connectivity index is 2.09. The predicted molar refractivity (Wildman–Crippen MR) is 72.0 cm³/mol. The van der Waals surface area contributed by atoms with Gasteiger partial charge < -0.3 is 5.32 Å². The number of aromatic nitrogens is 2. The Labute approximate surface area is 111 Å². The van der Waals surface area contributed by atoms with Crippen molar-refractivity contribution in [1.82, 2.24) is 14.9 Å². The smallest absolute Gasteiger partial charge is 0.240 e. The largest absolute Gasteiger partial charge is 0.388 e. The van der Waals surface area contributed by atoms with E-state index in [1.54, 1.807) is 43.4 Å². The number of benzene rings is 1. The van der Waals surface area contributed by atoms with Crippen molar-refractivity contribution in [3.63, 3.8) is 0 Å². The average molecular weight is 278 g/mol. The summed E-state index contributed by atoms with van der Waals surface area (Å²) in [7, 11) is -1.76. The van der Waals surface area contributed by atoms with Crippen LogP contribution in [0.25, 0.3) is 0 Å². The van der Waals surface area contributed by atoms with Gasteiger partial charge in [0.05, 0.1) is 17.1 Å². The van der Waals surface area contributed by atoms with Crippen LogP contribution in [-0.4, -0.2) is 25.7 Å². The second-order valence-electron chi connectivity index (χ2n) is 3.81. The molecule has 1 heterocycles. The lowest BCUT2D eigenvalue weighted by molar-refractivity contribution is 0.580. The van der Waals surface area contributed by atoms with Crippen molar-refractivity contribution in [3.8, 4) is 0 Å². The molecule has 0 aliphatic heterocycles. The summed E-state index contributed by atoms with van der Waals surface area (Å²) in [6.07, 6.45) is 1.54. The van der Waals surface area contributed by atoms with Crippen LogP contribution in [0.4, 0.5) is 5.69 Å². The van der Waals surface area contributed by atoms with Gasteiger partial charge in [-0.3, -0.25) is 0 Å². The molecule has 0 radical (unpaired) electrons. The SMILES string of the molecule is CNc1ccc(S(=O)(=O)NCc2cccnn2)cc1. The maximum atomic E-state index is 12.0. The summed E-state index contributed by atoms with van der Waals surface area (Å²) in [5.74, 6) is 0. The standard InChI is InChI=1S/C12H14N4O2S/c1-13-10-4-6-12(7-5-10)19(17,18)15-9-11-3-2-8-14-16-11/h2-8,13,15H,9H2,1H3. The number of nitrogens with zero attached hydrogens (tertiary/aromatic N) is 2. The third-order valence-electron chi connectivity index (χ3n) is 2.52. The van der Waals surface area contributed by atoms with E-state index in [-0.39, 0.29) is 11.4 Å². The van der Waals surface area contributed by atoms with E-state index in [9.17, 15) is 8.42 Å². The van der Waals surface area contributed by atoms with Crippen LogP contribution in [0, 0.1) is 0 Å². The minimum atomic E-state index is -3.53. The van der Waals surface area contributed by atoms with Crippen molar-refractivity contribution >= 4 is 15.7 Å². The Bertz CT molecular complexity index is 627. The van der Waals surface area contributed by atoms with Gasteiger partial charge in [-0.2, -0.15) is 10.2 Å². The van der Waals surface area contributed by atoms with Crippen LogP contribution in [0.1, 0.15) is 5.69 Å². The monoisotopic (exact) mass is 278 g/mol. The molecule has 0 aliphatic carbocycles. The molecule has 0 atom stereocenters. The van der Waals surface area contributed by atoms with Gasteiger partial charge in [0, 0.05) is 18.9 Å². The molecule has 0 spiro atoms. The molecule has 0 amide bonds. The summed E-state index contributed by atoms with van der Waals surface area (Å²) >= 11 is 0. The molecule has 1 aromatic heterocycles. The summed E-state index contributed by atoms with van der Waals surface area (Å²) in [5.41, 5.74) is 1.42. The van der Waals surface area contributed by atoms with Crippen molar-refractivity contribution in [2.45, 2.75) is 11.4 Å². The van der Waals surface area contributed by atoms with Crippen molar-refractivity contribution in [2.24, 2.45) is 0 Å². The highest BCUT2D eigenvalue weighted by Gasteiger charge is 2.13. The normalized spacial score (nSPS) is 11.2. The van der Waals surface area contributed by atoms with E-state index in [1.165, 1.54) is 6.20 Å². The molecule has 2 rings (SSSR count). The Hall–Kier alpha value is -1.99. The van der Waals surface area contributed by atoms with Gasteiger partial charge in [0.1, 0.15) is 0 Å². The molecular formula is C12H14N4O2S. The summed E-state index contributed by atoms with van der Waals surface area (Å²) in [6.45, 7) is 0.115. The van der Waals surface area contributed by atoms with Crippen LogP contribution in [0.5, 0.6) is 0 Å². The van der Waals surface area contributed by atoms with Crippen molar-refractivity contribution < 1.29 is 8.42 Å². The van der Waals surface area contributed by atoms with Crippen LogP contribution < -0.4 is 10.0 Å². The second-order valence-corrected chi connectivity index (χ2v) is 5.58. The van der Waals surface area contributed by atoms with E-state index < -0.39 is 10.0 Å². The van der Waals surface area contributed by atoms with Crippen LogP contribution in [0.2, 0.25) is 0 Å². The van der Waals surface area contributed by atoms with Gasteiger partial charge in [0.25, 0.3) is 0 Å². The first-order valence-electron chi connectivity index (χ1n) is 5.66. The zero-order valence-electron chi connectivity index (χ0n) is 10.4. The molecule has 1 aromatic carbocycles. The molecule has 0 fully saturated rings. The topological polar surface area (TPSA) is 84.0 Å². The van der Waals surface area contributed by atoms with Gasteiger partial charge in [0.15, 0.2) is 0 Å². The van der Waals surface area contributed by atoms with E-state index in [1.807, 2.05) is 0 Å². The average Bonchev–Trinajstić information content (AvgIpc) is 2.46. The molecule has 0 bridgehead atoms. The molecule has 0 saturated carbocycles. The molecule has 19 heavy (non-hydrogen) atoms. The quantitative estimate of drug-likeness (QED) is 0.852. The van der Waals surface area contributed by atoms with Crippen molar-refractivity contribution in [1.29, 1.82) is 0 Å². The first-order valence-corrected chi connectivity index (χ1v) is 7.14. The van der Waals surface area contributed by atoms with E-state index in [4.69, 9.17) is 0 Å². The van der Waals surface area contributed by atoms with E-state index in [0.29, 0.717) is 5.69 Å². The van der Waals surface area contributed by atoms with Crippen LogP contribution in [0.3, 0.4) is 0 Å². The third kappa shape index (κ3) is 3.49.